The molecule has 3 atom stereocenters. The Morgan fingerprint density at radius 3 is 2.38 bits per heavy atom. The minimum absolute atomic E-state index is 0.121. The fraction of sp³-hybridized carbons (Fsp3) is 1.00. The molecule has 0 aromatic rings. The van der Waals surface area contributed by atoms with E-state index >= 15 is 0 Å². The van der Waals surface area contributed by atoms with Crippen LogP contribution >= 0.6 is 0 Å². The van der Waals surface area contributed by atoms with Crippen LogP contribution in [0.4, 0.5) is 0 Å². The molecule has 2 bridgehead atoms. The summed E-state index contributed by atoms with van der Waals surface area (Å²) < 4.78 is 0. The van der Waals surface area contributed by atoms with E-state index in [1.165, 1.54) is 6.42 Å². The Balaban J connectivity index is 2.21. The third-order valence-corrected chi connectivity index (χ3v) is 4.55. The van der Waals surface area contributed by atoms with Crippen molar-refractivity contribution >= 4 is 0 Å². The summed E-state index contributed by atoms with van der Waals surface area (Å²) in [5.41, 5.74) is -0.259. The number of fused-ring (bicyclic) bond motifs is 2. The molecular formula is C11H20O2. The van der Waals surface area contributed by atoms with E-state index in [1.54, 1.807) is 0 Å². The number of rotatable bonds is 2. The molecule has 2 saturated carbocycles. The summed E-state index contributed by atoms with van der Waals surface area (Å²) in [6, 6.07) is 0. The molecule has 0 radical (unpaired) electrons. The highest BCUT2D eigenvalue weighted by molar-refractivity contribution is 5.10. The van der Waals surface area contributed by atoms with Crippen LogP contribution in [0.3, 0.4) is 0 Å². The molecule has 1 unspecified atom stereocenters. The predicted molar refractivity (Wildman–Crippen MR) is 51.3 cm³/mol. The van der Waals surface area contributed by atoms with Crippen LogP contribution in [0.2, 0.25) is 0 Å². The monoisotopic (exact) mass is 184 g/mol. The van der Waals surface area contributed by atoms with E-state index < -0.39 is 5.60 Å². The zero-order chi connectivity index (χ0) is 9.69. The normalized spacial score (nSPS) is 47.1. The molecule has 0 amide bonds. The lowest BCUT2D eigenvalue weighted by atomic mass is 9.77. The maximum Gasteiger partial charge on any atom is 0.0705 e. The molecule has 2 rings (SSSR count). The number of aliphatic hydroxyl groups excluding tert-OH is 1. The minimum Gasteiger partial charge on any atom is -0.396 e. The van der Waals surface area contributed by atoms with Gasteiger partial charge in [0.05, 0.1) is 5.60 Å². The van der Waals surface area contributed by atoms with Crippen LogP contribution in [0, 0.1) is 17.3 Å². The molecule has 2 nitrogen and oxygen atoms in total. The van der Waals surface area contributed by atoms with Crippen LogP contribution in [-0.2, 0) is 0 Å². The van der Waals surface area contributed by atoms with E-state index in [9.17, 15) is 5.11 Å². The molecule has 2 aliphatic carbocycles. The fourth-order valence-electron chi connectivity index (χ4n) is 3.76. The van der Waals surface area contributed by atoms with E-state index in [4.69, 9.17) is 5.11 Å². The number of hydrogen-bond donors (Lipinski definition) is 2. The summed E-state index contributed by atoms with van der Waals surface area (Å²) in [5, 5.41) is 19.3. The minimum atomic E-state index is -0.554. The van der Waals surface area contributed by atoms with Crippen molar-refractivity contribution in [3.05, 3.63) is 0 Å². The molecule has 0 heterocycles. The van der Waals surface area contributed by atoms with Crippen LogP contribution in [0.5, 0.6) is 0 Å². The molecule has 0 saturated heterocycles. The Bertz CT molecular complexity index is 212. The van der Waals surface area contributed by atoms with Crippen LogP contribution < -0.4 is 0 Å². The van der Waals surface area contributed by atoms with Gasteiger partial charge < -0.3 is 10.2 Å². The van der Waals surface area contributed by atoms with Crippen molar-refractivity contribution in [1.29, 1.82) is 0 Å². The first-order valence-corrected chi connectivity index (χ1v) is 5.34. The Morgan fingerprint density at radius 2 is 2.00 bits per heavy atom. The third-order valence-electron chi connectivity index (χ3n) is 4.55. The van der Waals surface area contributed by atoms with Gasteiger partial charge in [0.15, 0.2) is 0 Å². The first kappa shape index (κ1) is 9.47. The lowest BCUT2D eigenvalue weighted by molar-refractivity contribution is -0.0428. The van der Waals surface area contributed by atoms with Gasteiger partial charge in [-0.15, -0.1) is 0 Å². The van der Waals surface area contributed by atoms with Crippen LogP contribution in [0.1, 0.15) is 39.5 Å². The third kappa shape index (κ3) is 1.15. The van der Waals surface area contributed by atoms with Crippen molar-refractivity contribution in [2.24, 2.45) is 17.3 Å². The van der Waals surface area contributed by atoms with Gasteiger partial charge in [-0.3, -0.25) is 0 Å². The standard InChI is InChI=1S/C11H20O2/c1-10(2)8-3-4-9(10)11(13,7-8)5-6-12/h8-9,12-13H,3-7H2,1-2H3/t8-,9-,11?/m0/s1. The molecule has 0 aromatic carbocycles. The Labute approximate surface area is 80.0 Å². The summed E-state index contributed by atoms with van der Waals surface area (Å²) >= 11 is 0. The molecule has 2 heteroatoms. The van der Waals surface area contributed by atoms with Gasteiger partial charge in [0, 0.05) is 6.61 Å². The quantitative estimate of drug-likeness (QED) is 0.683. The maximum absolute atomic E-state index is 10.4. The molecule has 2 N–H and O–H groups in total. The second-order valence-corrected chi connectivity index (χ2v) is 5.43. The van der Waals surface area contributed by atoms with E-state index in [0.29, 0.717) is 23.7 Å². The van der Waals surface area contributed by atoms with Gasteiger partial charge in [-0.1, -0.05) is 13.8 Å². The van der Waals surface area contributed by atoms with E-state index in [0.717, 1.165) is 12.8 Å². The van der Waals surface area contributed by atoms with Gasteiger partial charge in [-0.2, -0.15) is 0 Å². The van der Waals surface area contributed by atoms with Crippen molar-refractivity contribution in [1.82, 2.24) is 0 Å². The van der Waals surface area contributed by atoms with E-state index in [2.05, 4.69) is 13.8 Å². The summed E-state index contributed by atoms with van der Waals surface area (Å²) in [7, 11) is 0. The zero-order valence-electron chi connectivity index (χ0n) is 8.58. The second-order valence-electron chi connectivity index (χ2n) is 5.43. The molecular weight excluding hydrogens is 164 g/mol. The first-order chi connectivity index (χ1) is 6.00. The molecule has 0 aromatic heterocycles. The smallest absolute Gasteiger partial charge is 0.0705 e. The van der Waals surface area contributed by atoms with Crippen LogP contribution in [0.15, 0.2) is 0 Å². The predicted octanol–water partition coefficient (Wildman–Crippen LogP) is 1.56. The molecule has 13 heavy (non-hydrogen) atoms. The van der Waals surface area contributed by atoms with E-state index in [-0.39, 0.29) is 6.61 Å². The van der Waals surface area contributed by atoms with Gasteiger partial charge in [0.25, 0.3) is 0 Å². The highest BCUT2D eigenvalue weighted by Crippen LogP contribution is 2.62. The van der Waals surface area contributed by atoms with Crippen molar-refractivity contribution < 1.29 is 10.2 Å². The summed E-state index contributed by atoms with van der Waals surface area (Å²) in [6.45, 7) is 4.66. The molecule has 2 aliphatic rings. The Hall–Kier alpha value is -0.0800. The number of aliphatic hydroxyl groups is 2. The summed E-state index contributed by atoms with van der Waals surface area (Å²) in [4.78, 5) is 0. The average molecular weight is 184 g/mol. The summed E-state index contributed by atoms with van der Waals surface area (Å²) in [6.07, 6.45) is 3.89. The lowest BCUT2D eigenvalue weighted by Gasteiger charge is -2.34. The second kappa shape index (κ2) is 2.71. The topological polar surface area (TPSA) is 40.5 Å². The van der Waals surface area contributed by atoms with Crippen molar-refractivity contribution in [3.63, 3.8) is 0 Å². The average Bonchev–Trinajstić information content (AvgIpc) is 2.37. The van der Waals surface area contributed by atoms with Gasteiger partial charge in [0.1, 0.15) is 0 Å². The lowest BCUT2D eigenvalue weighted by Crippen LogP contribution is -2.38. The van der Waals surface area contributed by atoms with Crippen molar-refractivity contribution in [2.45, 2.75) is 45.1 Å². The highest BCUT2D eigenvalue weighted by atomic mass is 16.3. The van der Waals surface area contributed by atoms with E-state index in [1.807, 2.05) is 0 Å². The Morgan fingerprint density at radius 1 is 1.31 bits per heavy atom. The molecule has 0 aliphatic heterocycles. The van der Waals surface area contributed by atoms with Crippen LogP contribution in [-0.4, -0.2) is 22.4 Å². The molecule has 0 spiro atoms. The fourth-order valence-corrected chi connectivity index (χ4v) is 3.76. The van der Waals surface area contributed by atoms with Gasteiger partial charge in [-0.25, -0.2) is 0 Å². The highest BCUT2D eigenvalue weighted by Gasteiger charge is 2.59. The van der Waals surface area contributed by atoms with Gasteiger partial charge in [0.2, 0.25) is 0 Å². The first-order valence-electron chi connectivity index (χ1n) is 5.34. The number of hydrogen-bond acceptors (Lipinski definition) is 2. The zero-order valence-corrected chi connectivity index (χ0v) is 8.58. The van der Waals surface area contributed by atoms with Crippen molar-refractivity contribution in [2.75, 3.05) is 6.61 Å². The van der Waals surface area contributed by atoms with Gasteiger partial charge >= 0.3 is 0 Å². The SMILES string of the molecule is CC1(C)[C@H]2CC[C@@H]1C(O)(CCO)C2. The molecule has 76 valence electrons. The van der Waals surface area contributed by atoms with Crippen molar-refractivity contribution in [3.8, 4) is 0 Å². The van der Waals surface area contributed by atoms with Crippen LogP contribution in [0.25, 0.3) is 0 Å². The van der Waals surface area contributed by atoms with Gasteiger partial charge in [-0.05, 0) is 42.9 Å². The Kier molecular flexibility index (Phi) is 1.97. The molecule has 2 fully saturated rings. The summed E-state index contributed by atoms with van der Waals surface area (Å²) in [5.74, 6) is 1.09. The largest absolute Gasteiger partial charge is 0.396 e. The maximum atomic E-state index is 10.4.